The number of carbonyl (C=O) groups excluding carboxylic acids is 1. The number of hydrogen-bond donors (Lipinski definition) is 1. The zero-order valence-electron chi connectivity index (χ0n) is 12.3. The third-order valence-electron chi connectivity index (χ3n) is 4.45. The average molecular weight is 253 g/mol. The molecule has 2 N–H and O–H groups in total. The molecule has 0 aromatic rings. The molecule has 2 nitrogen and oxygen atoms in total. The molecular weight excluding hydrogens is 222 g/mol. The topological polar surface area (TPSA) is 43.1 Å². The van der Waals surface area contributed by atoms with Crippen LogP contribution in [0.5, 0.6) is 0 Å². The van der Waals surface area contributed by atoms with Gasteiger partial charge in [-0.3, -0.25) is 4.79 Å². The molecule has 0 radical (unpaired) electrons. The van der Waals surface area contributed by atoms with Gasteiger partial charge in [-0.2, -0.15) is 0 Å². The Bertz CT molecular complexity index is 225. The number of rotatable bonds is 3. The Kier molecular flexibility index (Phi) is 7.38. The molecule has 1 saturated carbocycles. The molecule has 106 valence electrons. The zero-order chi connectivity index (χ0) is 13.4. The first-order valence-corrected chi connectivity index (χ1v) is 7.92. The summed E-state index contributed by atoms with van der Waals surface area (Å²) in [6.45, 7) is 4.28. The van der Waals surface area contributed by atoms with Gasteiger partial charge in [-0.1, -0.05) is 65.2 Å². The second-order valence-electron chi connectivity index (χ2n) is 6.34. The lowest BCUT2D eigenvalue weighted by molar-refractivity contribution is -0.125. The van der Waals surface area contributed by atoms with Crippen molar-refractivity contribution in [3.8, 4) is 0 Å². The third kappa shape index (κ3) is 5.41. The zero-order valence-corrected chi connectivity index (χ0v) is 12.3. The van der Waals surface area contributed by atoms with Crippen LogP contribution >= 0.6 is 0 Å². The molecule has 1 aliphatic rings. The normalized spacial score (nSPS) is 22.4. The first-order chi connectivity index (χ1) is 8.63. The molecule has 0 aliphatic heterocycles. The van der Waals surface area contributed by atoms with E-state index in [1.807, 2.05) is 0 Å². The molecule has 1 fully saturated rings. The lowest BCUT2D eigenvalue weighted by Crippen LogP contribution is -2.34. The predicted octanol–water partition coefficient (Wildman–Crippen LogP) is 4.27. The number of hydrogen-bond acceptors (Lipinski definition) is 1. The fourth-order valence-electron chi connectivity index (χ4n) is 3.48. The minimum absolute atomic E-state index is 0.0788. The van der Waals surface area contributed by atoms with Gasteiger partial charge in [0.15, 0.2) is 0 Å². The van der Waals surface area contributed by atoms with E-state index in [9.17, 15) is 4.79 Å². The van der Waals surface area contributed by atoms with Crippen LogP contribution < -0.4 is 5.73 Å². The summed E-state index contributed by atoms with van der Waals surface area (Å²) in [5.74, 6) is 0.925. The molecular formula is C16H31NO. The Morgan fingerprint density at radius 3 is 1.61 bits per heavy atom. The van der Waals surface area contributed by atoms with Crippen molar-refractivity contribution in [2.24, 2.45) is 23.5 Å². The summed E-state index contributed by atoms with van der Waals surface area (Å²) in [4.78, 5) is 11.7. The lowest BCUT2D eigenvalue weighted by Gasteiger charge is -2.28. The molecule has 1 aliphatic carbocycles. The van der Waals surface area contributed by atoms with Crippen LogP contribution in [0.1, 0.15) is 78.1 Å². The maximum Gasteiger partial charge on any atom is 0.221 e. The van der Waals surface area contributed by atoms with Gasteiger partial charge in [0, 0.05) is 5.92 Å². The monoisotopic (exact) mass is 253 g/mol. The maximum absolute atomic E-state index is 11.7. The van der Waals surface area contributed by atoms with Gasteiger partial charge in [-0.15, -0.1) is 0 Å². The van der Waals surface area contributed by atoms with E-state index in [1.165, 1.54) is 64.2 Å². The van der Waals surface area contributed by atoms with E-state index >= 15 is 0 Å². The number of amides is 1. The Balaban J connectivity index is 2.58. The van der Waals surface area contributed by atoms with Gasteiger partial charge < -0.3 is 5.73 Å². The molecule has 0 spiro atoms. The summed E-state index contributed by atoms with van der Waals surface area (Å²) in [5, 5.41) is 0. The van der Waals surface area contributed by atoms with E-state index in [4.69, 9.17) is 5.73 Å². The van der Waals surface area contributed by atoms with Crippen LogP contribution in [-0.4, -0.2) is 5.91 Å². The molecule has 1 atom stereocenters. The molecule has 1 amide bonds. The number of primary amides is 1. The first kappa shape index (κ1) is 15.5. The highest BCUT2D eigenvalue weighted by Gasteiger charge is 2.28. The van der Waals surface area contributed by atoms with E-state index in [-0.39, 0.29) is 11.8 Å². The Labute approximate surface area is 113 Å². The van der Waals surface area contributed by atoms with Crippen molar-refractivity contribution in [1.82, 2.24) is 0 Å². The predicted molar refractivity (Wildman–Crippen MR) is 77.2 cm³/mol. The molecule has 18 heavy (non-hydrogen) atoms. The largest absolute Gasteiger partial charge is 0.369 e. The molecule has 0 aromatic heterocycles. The van der Waals surface area contributed by atoms with Crippen LogP contribution in [0.25, 0.3) is 0 Å². The van der Waals surface area contributed by atoms with Gasteiger partial charge in [0.1, 0.15) is 0 Å². The van der Waals surface area contributed by atoms with Crippen molar-refractivity contribution in [3.05, 3.63) is 0 Å². The molecule has 2 heteroatoms. The summed E-state index contributed by atoms with van der Waals surface area (Å²) in [6.07, 6.45) is 13.2. The molecule has 0 heterocycles. The smallest absolute Gasteiger partial charge is 0.221 e. The van der Waals surface area contributed by atoms with E-state index in [0.717, 1.165) is 0 Å². The van der Waals surface area contributed by atoms with Gasteiger partial charge in [-0.05, 0) is 24.7 Å². The summed E-state index contributed by atoms with van der Waals surface area (Å²) in [6, 6.07) is 0. The van der Waals surface area contributed by atoms with Crippen molar-refractivity contribution in [1.29, 1.82) is 0 Å². The van der Waals surface area contributed by atoms with Crippen LogP contribution in [0.2, 0.25) is 0 Å². The fourth-order valence-corrected chi connectivity index (χ4v) is 3.48. The molecule has 0 aromatic carbocycles. The standard InChI is InChI=1S/C16H31NO/c1-13(2)15(16(17)18)14-11-9-7-5-3-4-6-8-10-12-14/h13-15H,3-12H2,1-2H3,(H2,17,18). The summed E-state index contributed by atoms with van der Waals surface area (Å²) < 4.78 is 0. The average Bonchev–Trinajstić information content (AvgIpc) is 2.34. The van der Waals surface area contributed by atoms with E-state index in [1.54, 1.807) is 0 Å². The van der Waals surface area contributed by atoms with Crippen molar-refractivity contribution in [2.45, 2.75) is 78.1 Å². The minimum atomic E-state index is -0.0788. The van der Waals surface area contributed by atoms with E-state index in [0.29, 0.717) is 11.8 Å². The SMILES string of the molecule is CC(C)C(C(N)=O)C1CCCCCCCCCC1. The highest BCUT2D eigenvalue weighted by molar-refractivity contribution is 5.77. The number of carbonyl (C=O) groups is 1. The van der Waals surface area contributed by atoms with Crippen LogP contribution in [-0.2, 0) is 4.79 Å². The quantitative estimate of drug-likeness (QED) is 0.801. The summed E-state index contributed by atoms with van der Waals surface area (Å²) in [7, 11) is 0. The van der Waals surface area contributed by atoms with Crippen LogP contribution in [0.4, 0.5) is 0 Å². The Morgan fingerprint density at radius 2 is 1.28 bits per heavy atom. The fraction of sp³-hybridized carbons (Fsp3) is 0.938. The molecule has 1 unspecified atom stereocenters. The second kappa shape index (κ2) is 8.55. The van der Waals surface area contributed by atoms with E-state index < -0.39 is 0 Å². The van der Waals surface area contributed by atoms with Crippen LogP contribution in [0, 0.1) is 17.8 Å². The minimum Gasteiger partial charge on any atom is -0.369 e. The molecule has 1 rings (SSSR count). The van der Waals surface area contributed by atoms with E-state index in [2.05, 4.69) is 13.8 Å². The maximum atomic E-state index is 11.7. The lowest BCUT2D eigenvalue weighted by atomic mass is 9.77. The van der Waals surface area contributed by atoms with Gasteiger partial charge in [0.05, 0.1) is 0 Å². The van der Waals surface area contributed by atoms with Crippen molar-refractivity contribution >= 4 is 5.91 Å². The van der Waals surface area contributed by atoms with Crippen molar-refractivity contribution < 1.29 is 4.79 Å². The van der Waals surface area contributed by atoms with Crippen molar-refractivity contribution in [3.63, 3.8) is 0 Å². The van der Waals surface area contributed by atoms with Crippen LogP contribution in [0.15, 0.2) is 0 Å². The van der Waals surface area contributed by atoms with Crippen LogP contribution in [0.3, 0.4) is 0 Å². The van der Waals surface area contributed by atoms with Gasteiger partial charge in [0.25, 0.3) is 0 Å². The Hall–Kier alpha value is -0.530. The highest BCUT2D eigenvalue weighted by atomic mass is 16.1. The Morgan fingerprint density at radius 1 is 0.889 bits per heavy atom. The van der Waals surface area contributed by atoms with Gasteiger partial charge >= 0.3 is 0 Å². The van der Waals surface area contributed by atoms with Crippen molar-refractivity contribution in [2.75, 3.05) is 0 Å². The first-order valence-electron chi connectivity index (χ1n) is 7.92. The molecule has 0 bridgehead atoms. The second-order valence-corrected chi connectivity index (χ2v) is 6.34. The number of nitrogens with two attached hydrogens (primary N) is 1. The summed E-state index contributed by atoms with van der Waals surface area (Å²) >= 11 is 0. The third-order valence-corrected chi connectivity index (χ3v) is 4.45. The van der Waals surface area contributed by atoms with Gasteiger partial charge in [0.2, 0.25) is 5.91 Å². The highest BCUT2D eigenvalue weighted by Crippen LogP contribution is 2.31. The van der Waals surface area contributed by atoms with Gasteiger partial charge in [-0.25, -0.2) is 0 Å². The summed E-state index contributed by atoms with van der Waals surface area (Å²) in [5.41, 5.74) is 5.62. The molecule has 0 saturated heterocycles.